The number of fused-ring (bicyclic) bond motifs is 1. The van der Waals surface area contributed by atoms with Crippen LogP contribution in [0.15, 0.2) is 41.0 Å². The van der Waals surface area contributed by atoms with Gasteiger partial charge in [-0.05, 0) is 45.2 Å². The van der Waals surface area contributed by atoms with Crippen LogP contribution in [0, 0.1) is 12.3 Å². The van der Waals surface area contributed by atoms with Crippen LogP contribution in [0.4, 0.5) is 18.9 Å². The lowest BCUT2D eigenvalue weighted by molar-refractivity contribution is -0.206. The second kappa shape index (κ2) is 6.69. The number of hydrogen-bond donors (Lipinski definition) is 1. The Bertz CT molecular complexity index is 976. The van der Waals surface area contributed by atoms with Gasteiger partial charge in [0.2, 0.25) is 0 Å². The summed E-state index contributed by atoms with van der Waals surface area (Å²) < 4.78 is 43.1. The van der Waals surface area contributed by atoms with E-state index in [2.05, 4.69) is 16.2 Å². The van der Waals surface area contributed by atoms with Gasteiger partial charge in [0.15, 0.2) is 11.6 Å². The molecule has 26 heavy (non-hydrogen) atoms. The molecular formula is C18H14F3N3O2. The van der Waals surface area contributed by atoms with Gasteiger partial charge in [-0.1, -0.05) is 24.1 Å². The van der Waals surface area contributed by atoms with E-state index in [4.69, 9.17) is 11.1 Å². The molecule has 0 fully saturated rings. The van der Waals surface area contributed by atoms with Crippen LogP contribution in [0.25, 0.3) is 22.2 Å². The first-order valence-corrected chi connectivity index (χ1v) is 7.57. The Hall–Kier alpha value is -3.05. The Labute approximate surface area is 147 Å². The van der Waals surface area contributed by atoms with Crippen molar-refractivity contribution in [1.29, 1.82) is 0 Å². The molecule has 0 aliphatic rings. The first kappa shape index (κ1) is 17.8. The minimum absolute atomic E-state index is 0.244. The maximum atomic E-state index is 12.8. The monoisotopic (exact) mass is 361 g/mol. The quantitative estimate of drug-likeness (QED) is 0.720. The third-order valence-corrected chi connectivity index (χ3v) is 3.93. The van der Waals surface area contributed by atoms with Gasteiger partial charge in [-0.2, -0.15) is 13.2 Å². The summed E-state index contributed by atoms with van der Waals surface area (Å²) >= 11 is 0. The molecule has 1 aromatic heterocycles. The van der Waals surface area contributed by atoms with E-state index in [1.165, 1.54) is 18.2 Å². The fraction of sp³-hybridized carbons (Fsp3) is 0.222. The van der Waals surface area contributed by atoms with Crippen LogP contribution < -0.4 is 4.90 Å². The topological polar surface area (TPSA) is 62.4 Å². The summed E-state index contributed by atoms with van der Waals surface area (Å²) in [7, 11) is 1.76. The second-order valence-corrected chi connectivity index (χ2v) is 5.76. The van der Waals surface area contributed by atoms with E-state index in [0.717, 1.165) is 0 Å². The average Bonchev–Trinajstić information content (AvgIpc) is 3.08. The van der Waals surface area contributed by atoms with Crippen molar-refractivity contribution < 1.29 is 22.9 Å². The molecule has 2 aromatic carbocycles. The molecule has 5 nitrogen and oxygen atoms in total. The Kier molecular flexibility index (Phi) is 4.57. The molecule has 0 saturated carbocycles. The van der Waals surface area contributed by atoms with Crippen molar-refractivity contribution >= 4 is 16.7 Å². The van der Waals surface area contributed by atoms with Crippen molar-refractivity contribution in [2.24, 2.45) is 0 Å². The standard InChI is InChI=1S/C18H14F3N3O2/c1-3-7-24(2)15-10-13(9-14-16(15)23-26-22-14)11-5-4-6-12(8-11)17(25)18(19,20)21/h1,4-6,8-10,17,25H,7H2,2H3. The SMILES string of the molecule is C#CCN(C)c1cc(-c2cccc(C(O)C(F)(F)F)c2)cc2nonc12. The number of halogens is 3. The number of anilines is 1. The van der Waals surface area contributed by atoms with E-state index >= 15 is 0 Å². The number of terminal acetylenes is 1. The molecule has 0 radical (unpaired) electrons. The normalized spacial score (nSPS) is 12.8. The lowest BCUT2D eigenvalue weighted by Gasteiger charge is -2.18. The first-order valence-electron chi connectivity index (χ1n) is 7.57. The molecule has 0 aliphatic heterocycles. The molecule has 1 unspecified atom stereocenters. The third kappa shape index (κ3) is 3.34. The molecule has 134 valence electrons. The Balaban J connectivity index is 2.10. The van der Waals surface area contributed by atoms with E-state index in [9.17, 15) is 18.3 Å². The molecule has 0 bridgehead atoms. The van der Waals surface area contributed by atoms with Gasteiger partial charge in [0.1, 0.15) is 5.52 Å². The van der Waals surface area contributed by atoms with Crippen LogP contribution >= 0.6 is 0 Å². The molecule has 1 heterocycles. The molecule has 0 saturated heterocycles. The predicted octanol–water partition coefficient (Wildman–Crippen LogP) is 3.55. The van der Waals surface area contributed by atoms with Gasteiger partial charge in [-0.15, -0.1) is 6.42 Å². The summed E-state index contributed by atoms with van der Waals surface area (Å²) in [6.45, 7) is 0.304. The van der Waals surface area contributed by atoms with Crippen molar-refractivity contribution in [2.75, 3.05) is 18.5 Å². The maximum Gasteiger partial charge on any atom is 0.418 e. The number of rotatable bonds is 4. The summed E-state index contributed by atoms with van der Waals surface area (Å²) in [5.41, 5.74) is 2.43. The summed E-state index contributed by atoms with van der Waals surface area (Å²) in [6, 6.07) is 9.00. The lowest BCUT2D eigenvalue weighted by Crippen LogP contribution is -2.20. The molecule has 3 rings (SSSR count). The fourth-order valence-corrected chi connectivity index (χ4v) is 2.63. The van der Waals surface area contributed by atoms with E-state index in [0.29, 0.717) is 34.4 Å². The Morgan fingerprint density at radius 3 is 2.69 bits per heavy atom. The third-order valence-electron chi connectivity index (χ3n) is 3.93. The van der Waals surface area contributed by atoms with Crippen LogP contribution in [-0.4, -0.2) is 35.2 Å². The van der Waals surface area contributed by atoms with Gasteiger partial charge in [0, 0.05) is 7.05 Å². The number of benzene rings is 2. The van der Waals surface area contributed by atoms with Crippen molar-refractivity contribution in [3.8, 4) is 23.5 Å². The molecule has 0 amide bonds. The number of aromatic nitrogens is 2. The summed E-state index contributed by atoms with van der Waals surface area (Å²) in [5, 5.41) is 17.1. The molecule has 0 spiro atoms. The van der Waals surface area contributed by atoms with E-state index in [-0.39, 0.29) is 5.56 Å². The number of nitrogens with zero attached hydrogens (tertiary/aromatic N) is 3. The maximum absolute atomic E-state index is 12.8. The summed E-state index contributed by atoms with van der Waals surface area (Å²) in [5.74, 6) is 2.51. The molecule has 1 atom stereocenters. The highest BCUT2D eigenvalue weighted by Crippen LogP contribution is 2.36. The zero-order valence-electron chi connectivity index (χ0n) is 13.7. The largest absolute Gasteiger partial charge is 0.418 e. The highest BCUT2D eigenvalue weighted by atomic mass is 19.4. The van der Waals surface area contributed by atoms with Crippen molar-refractivity contribution in [2.45, 2.75) is 12.3 Å². The van der Waals surface area contributed by atoms with Crippen molar-refractivity contribution in [3.63, 3.8) is 0 Å². The molecule has 0 aliphatic carbocycles. The lowest BCUT2D eigenvalue weighted by atomic mass is 9.99. The second-order valence-electron chi connectivity index (χ2n) is 5.76. The number of hydrogen-bond acceptors (Lipinski definition) is 5. The highest BCUT2D eigenvalue weighted by Gasteiger charge is 2.39. The van der Waals surface area contributed by atoms with E-state index in [1.807, 2.05) is 0 Å². The van der Waals surface area contributed by atoms with Gasteiger partial charge in [0.05, 0.1) is 12.2 Å². The van der Waals surface area contributed by atoms with Gasteiger partial charge in [-0.25, -0.2) is 4.63 Å². The van der Waals surface area contributed by atoms with E-state index in [1.54, 1.807) is 30.1 Å². The fourth-order valence-electron chi connectivity index (χ4n) is 2.63. The number of alkyl halides is 3. The van der Waals surface area contributed by atoms with Crippen molar-refractivity contribution in [1.82, 2.24) is 10.3 Å². The number of aliphatic hydroxyl groups excluding tert-OH is 1. The van der Waals surface area contributed by atoms with Gasteiger partial charge >= 0.3 is 6.18 Å². The Morgan fingerprint density at radius 2 is 2.00 bits per heavy atom. The van der Waals surface area contributed by atoms with E-state index < -0.39 is 12.3 Å². The summed E-state index contributed by atoms with van der Waals surface area (Å²) in [4.78, 5) is 1.75. The van der Waals surface area contributed by atoms with Crippen LogP contribution in [0.3, 0.4) is 0 Å². The van der Waals surface area contributed by atoms with Crippen LogP contribution in [0.2, 0.25) is 0 Å². The first-order chi connectivity index (χ1) is 12.3. The average molecular weight is 361 g/mol. The Morgan fingerprint density at radius 1 is 1.23 bits per heavy atom. The highest BCUT2D eigenvalue weighted by molar-refractivity contribution is 5.92. The molecule has 8 heteroatoms. The van der Waals surface area contributed by atoms with Gasteiger partial charge < -0.3 is 10.0 Å². The van der Waals surface area contributed by atoms with Gasteiger partial charge in [-0.3, -0.25) is 0 Å². The smallest absolute Gasteiger partial charge is 0.379 e. The van der Waals surface area contributed by atoms with Crippen LogP contribution in [0.1, 0.15) is 11.7 Å². The number of aliphatic hydroxyl groups is 1. The molecule has 1 N–H and O–H groups in total. The molecule has 3 aromatic rings. The minimum atomic E-state index is -4.74. The summed E-state index contributed by atoms with van der Waals surface area (Å²) in [6.07, 6.45) is -1.95. The minimum Gasteiger partial charge on any atom is -0.379 e. The van der Waals surface area contributed by atoms with Crippen molar-refractivity contribution in [3.05, 3.63) is 42.0 Å². The zero-order valence-corrected chi connectivity index (χ0v) is 13.7. The zero-order chi connectivity index (χ0) is 18.9. The predicted molar refractivity (Wildman–Crippen MR) is 90.4 cm³/mol. The van der Waals surface area contributed by atoms with Crippen LogP contribution in [-0.2, 0) is 0 Å². The molecular weight excluding hydrogens is 347 g/mol. The van der Waals surface area contributed by atoms with Gasteiger partial charge in [0.25, 0.3) is 0 Å². The van der Waals surface area contributed by atoms with Crippen LogP contribution in [0.5, 0.6) is 0 Å².